The number of hydrazine groups is 1. The molecule has 0 aliphatic carbocycles. The van der Waals surface area contributed by atoms with Crippen LogP contribution in [0.3, 0.4) is 0 Å². The highest BCUT2D eigenvalue weighted by Gasteiger charge is 2.46. The van der Waals surface area contributed by atoms with Gasteiger partial charge in [-0.2, -0.15) is 5.10 Å². The van der Waals surface area contributed by atoms with E-state index in [1.54, 1.807) is 11.3 Å². The number of carbonyl (C=O) groups is 1. The molecule has 2 rings (SSSR count). The minimum atomic E-state index is -0.346. The minimum Gasteiger partial charge on any atom is -0.282 e. The number of hydrazone groups is 1. The van der Waals surface area contributed by atoms with E-state index < -0.39 is 0 Å². The van der Waals surface area contributed by atoms with Crippen LogP contribution in [-0.4, -0.2) is 34.7 Å². The van der Waals surface area contributed by atoms with Gasteiger partial charge in [0.15, 0.2) is 0 Å². The van der Waals surface area contributed by atoms with E-state index in [0.717, 1.165) is 0 Å². The molecule has 3 unspecified atom stereocenters. The number of nitrogens with zero attached hydrogens (tertiary/aromatic N) is 2. The summed E-state index contributed by atoms with van der Waals surface area (Å²) in [5.74, 6) is 0.229. The quantitative estimate of drug-likeness (QED) is 0.601. The van der Waals surface area contributed by atoms with Crippen LogP contribution in [0.4, 0.5) is 0 Å². The molecule has 2 heterocycles. The van der Waals surface area contributed by atoms with Gasteiger partial charge in [0.2, 0.25) is 0 Å². The lowest BCUT2D eigenvalue weighted by atomic mass is 9.98. The van der Waals surface area contributed by atoms with Crippen molar-refractivity contribution in [1.29, 1.82) is 0 Å². The molecule has 0 aromatic carbocycles. The summed E-state index contributed by atoms with van der Waals surface area (Å²) in [5, 5.41) is 5.17. The van der Waals surface area contributed by atoms with Gasteiger partial charge in [-0.25, -0.2) is 10.9 Å². The molecule has 1 saturated heterocycles. The highest BCUT2D eigenvalue weighted by atomic mass is 35.5. The van der Waals surface area contributed by atoms with Gasteiger partial charge >= 0.3 is 0 Å². The number of alkyl halides is 1. The van der Waals surface area contributed by atoms with Crippen molar-refractivity contribution in [2.75, 3.05) is 0 Å². The SMILES string of the molecule is CC(C)C1NN2C=NNC(=O)C2C1Cl. The number of nitrogens with one attached hydrogen (secondary N) is 2. The zero-order valence-corrected chi connectivity index (χ0v) is 8.82. The molecular formula is C8H13ClN4O. The monoisotopic (exact) mass is 216 g/mol. The fraction of sp³-hybridized carbons (Fsp3) is 0.750. The van der Waals surface area contributed by atoms with E-state index in [9.17, 15) is 4.79 Å². The molecule has 0 radical (unpaired) electrons. The van der Waals surface area contributed by atoms with E-state index in [0.29, 0.717) is 5.92 Å². The molecule has 0 bridgehead atoms. The van der Waals surface area contributed by atoms with Crippen LogP contribution in [0.1, 0.15) is 13.8 Å². The van der Waals surface area contributed by atoms with Crippen molar-refractivity contribution in [3.05, 3.63) is 0 Å². The van der Waals surface area contributed by atoms with Crippen LogP contribution in [0.2, 0.25) is 0 Å². The molecule has 0 aromatic rings. The lowest BCUT2D eigenvalue weighted by molar-refractivity contribution is -0.125. The van der Waals surface area contributed by atoms with Gasteiger partial charge in [0, 0.05) is 6.04 Å². The summed E-state index contributed by atoms with van der Waals surface area (Å²) in [7, 11) is 0. The molecule has 6 heteroatoms. The Hall–Kier alpha value is -0.810. The third-order valence-electron chi connectivity index (χ3n) is 2.59. The molecule has 2 N–H and O–H groups in total. The highest BCUT2D eigenvalue weighted by molar-refractivity contribution is 6.23. The maximum atomic E-state index is 11.5. The van der Waals surface area contributed by atoms with Crippen LogP contribution >= 0.6 is 11.6 Å². The van der Waals surface area contributed by atoms with E-state index in [4.69, 9.17) is 11.6 Å². The fourth-order valence-corrected chi connectivity index (χ4v) is 2.37. The van der Waals surface area contributed by atoms with Crippen molar-refractivity contribution in [2.45, 2.75) is 31.3 Å². The molecule has 78 valence electrons. The number of rotatable bonds is 1. The van der Waals surface area contributed by atoms with E-state index >= 15 is 0 Å². The van der Waals surface area contributed by atoms with Crippen molar-refractivity contribution in [1.82, 2.24) is 15.9 Å². The summed E-state index contributed by atoms with van der Waals surface area (Å²) in [5.41, 5.74) is 5.57. The summed E-state index contributed by atoms with van der Waals surface area (Å²) >= 11 is 6.21. The Kier molecular flexibility index (Phi) is 2.36. The van der Waals surface area contributed by atoms with Crippen LogP contribution < -0.4 is 10.9 Å². The fourth-order valence-electron chi connectivity index (χ4n) is 1.79. The van der Waals surface area contributed by atoms with Gasteiger partial charge in [-0.3, -0.25) is 9.80 Å². The van der Waals surface area contributed by atoms with Crippen molar-refractivity contribution in [3.8, 4) is 0 Å². The van der Waals surface area contributed by atoms with Gasteiger partial charge in [-0.15, -0.1) is 11.6 Å². The lowest BCUT2D eigenvalue weighted by Crippen LogP contribution is -2.50. The average Bonchev–Trinajstić information content (AvgIpc) is 2.45. The van der Waals surface area contributed by atoms with Crippen LogP contribution in [0.15, 0.2) is 5.10 Å². The van der Waals surface area contributed by atoms with Crippen LogP contribution in [0.5, 0.6) is 0 Å². The highest BCUT2D eigenvalue weighted by Crippen LogP contribution is 2.25. The molecule has 1 fully saturated rings. The van der Waals surface area contributed by atoms with Gasteiger partial charge in [0.1, 0.15) is 12.4 Å². The standard InChI is InChI=1S/C8H13ClN4O/c1-4(2)6-5(9)7-8(14)11-10-3-13(7)12-6/h3-7,12H,1-2H3,(H,11,14). The topological polar surface area (TPSA) is 56.7 Å². The molecule has 0 aromatic heterocycles. The van der Waals surface area contributed by atoms with Gasteiger partial charge in [-0.1, -0.05) is 13.8 Å². The maximum Gasteiger partial charge on any atom is 0.266 e. The Bertz CT molecular complexity index is 281. The predicted octanol–water partition coefficient (Wildman–Crippen LogP) is -0.120. The van der Waals surface area contributed by atoms with Crippen molar-refractivity contribution in [3.63, 3.8) is 0 Å². The Morgan fingerprint density at radius 2 is 2.36 bits per heavy atom. The number of carbonyl (C=O) groups excluding carboxylic acids is 1. The first-order chi connectivity index (χ1) is 6.61. The third-order valence-corrected chi connectivity index (χ3v) is 3.10. The predicted molar refractivity (Wildman–Crippen MR) is 53.7 cm³/mol. The molecule has 1 amide bonds. The number of amides is 1. The smallest absolute Gasteiger partial charge is 0.266 e. The molecular weight excluding hydrogens is 204 g/mol. The summed E-state index contributed by atoms with van der Waals surface area (Å²) in [6.07, 6.45) is 1.56. The largest absolute Gasteiger partial charge is 0.282 e. The Morgan fingerprint density at radius 1 is 1.64 bits per heavy atom. The Balaban J connectivity index is 2.21. The first-order valence-electron chi connectivity index (χ1n) is 4.63. The summed E-state index contributed by atoms with van der Waals surface area (Å²) < 4.78 is 0. The third kappa shape index (κ3) is 1.36. The van der Waals surface area contributed by atoms with Crippen LogP contribution in [0.25, 0.3) is 0 Å². The van der Waals surface area contributed by atoms with Crippen molar-refractivity contribution >= 4 is 23.8 Å². The number of fused-ring (bicyclic) bond motifs is 1. The Labute approximate surface area is 87.4 Å². The lowest BCUT2D eigenvalue weighted by Gasteiger charge is -2.23. The second kappa shape index (κ2) is 3.40. The van der Waals surface area contributed by atoms with Gasteiger partial charge in [-0.05, 0) is 5.92 Å². The number of halogens is 1. The Morgan fingerprint density at radius 3 is 2.93 bits per heavy atom. The zero-order chi connectivity index (χ0) is 10.3. The first kappa shape index (κ1) is 9.73. The maximum absolute atomic E-state index is 11.5. The van der Waals surface area contributed by atoms with E-state index in [1.807, 2.05) is 0 Å². The molecule has 2 aliphatic rings. The van der Waals surface area contributed by atoms with E-state index in [-0.39, 0.29) is 23.4 Å². The van der Waals surface area contributed by atoms with E-state index in [2.05, 4.69) is 29.8 Å². The molecule has 2 aliphatic heterocycles. The average molecular weight is 217 g/mol. The van der Waals surface area contributed by atoms with Crippen LogP contribution in [-0.2, 0) is 4.79 Å². The molecule has 14 heavy (non-hydrogen) atoms. The zero-order valence-electron chi connectivity index (χ0n) is 8.07. The van der Waals surface area contributed by atoms with Crippen molar-refractivity contribution < 1.29 is 4.79 Å². The number of hydrogen-bond acceptors (Lipinski definition) is 4. The second-order valence-corrected chi connectivity index (χ2v) is 4.42. The second-order valence-electron chi connectivity index (χ2n) is 3.92. The molecule has 0 saturated carbocycles. The molecule has 0 spiro atoms. The molecule has 3 atom stereocenters. The van der Waals surface area contributed by atoms with Gasteiger partial charge in [0.05, 0.1) is 5.38 Å². The van der Waals surface area contributed by atoms with Gasteiger partial charge < -0.3 is 0 Å². The minimum absolute atomic E-state index is 0.108. The summed E-state index contributed by atoms with van der Waals surface area (Å²) in [6.45, 7) is 4.14. The molecule has 5 nitrogen and oxygen atoms in total. The number of hydrogen-bond donors (Lipinski definition) is 2. The first-order valence-corrected chi connectivity index (χ1v) is 5.06. The van der Waals surface area contributed by atoms with Gasteiger partial charge in [0.25, 0.3) is 5.91 Å². The normalized spacial score (nSPS) is 36.1. The van der Waals surface area contributed by atoms with Crippen LogP contribution in [0, 0.1) is 5.92 Å². The van der Waals surface area contributed by atoms with E-state index in [1.165, 1.54) is 0 Å². The summed E-state index contributed by atoms with van der Waals surface area (Å²) in [4.78, 5) is 11.5. The summed E-state index contributed by atoms with van der Waals surface area (Å²) in [6, 6.07) is -0.237. The van der Waals surface area contributed by atoms with Crippen molar-refractivity contribution in [2.24, 2.45) is 11.0 Å².